The fourth-order valence-electron chi connectivity index (χ4n) is 2.12. The van der Waals surface area contributed by atoms with Gasteiger partial charge in [-0.15, -0.1) is 0 Å². The van der Waals surface area contributed by atoms with Crippen LogP contribution in [0.4, 0.5) is 0 Å². The topological polar surface area (TPSA) is 42.0 Å². The maximum atomic E-state index is 12.3. The van der Waals surface area contributed by atoms with Gasteiger partial charge in [-0.25, -0.2) is 4.98 Å². The number of carbonyl (C=O) groups is 1. The minimum atomic E-state index is -0.0755. The maximum Gasteiger partial charge on any atom is 0.253 e. The highest BCUT2D eigenvalue weighted by atomic mass is 35.5. The standard InChI is InChI=1S/C15H15ClN2O/c1-15(6-7-15)9-18-14(19)12-8-17-13(16)11-5-3-2-4-10(11)12/h2-5,8H,6-7,9H2,1H3,(H,18,19). The Morgan fingerprint density at radius 1 is 1.37 bits per heavy atom. The van der Waals surface area contributed by atoms with Crippen molar-refractivity contribution in [1.82, 2.24) is 10.3 Å². The van der Waals surface area contributed by atoms with Crippen LogP contribution in [-0.2, 0) is 0 Å². The van der Waals surface area contributed by atoms with E-state index in [0.29, 0.717) is 16.1 Å². The summed E-state index contributed by atoms with van der Waals surface area (Å²) in [6, 6.07) is 7.57. The van der Waals surface area contributed by atoms with Crippen molar-refractivity contribution in [2.24, 2.45) is 5.41 Å². The van der Waals surface area contributed by atoms with Crippen molar-refractivity contribution in [1.29, 1.82) is 0 Å². The van der Waals surface area contributed by atoms with E-state index in [-0.39, 0.29) is 5.91 Å². The van der Waals surface area contributed by atoms with Gasteiger partial charge in [-0.3, -0.25) is 4.79 Å². The number of hydrogen-bond donors (Lipinski definition) is 1. The summed E-state index contributed by atoms with van der Waals surface area (Å²) in [5, 5.41) is 5.09. The average Bonchev–Trinajstić information content (AvgIpc) is 3.15. The molecule has 1 amide bonds. The second-order valence-electron chi connectivity index (χ2n) is 5.50. The molecule has 2 aromatic rings. The summed E-state index contributed by atoms with van der Waals surface area (Å²) < 4.78 is 0. The summed E-state index contributed by atoms with van der Waals surface area (Å²) in [5.74, 6) is -0.0755. The largest absolute Gasteiger partial charge is 0.351 e. The van der Waals surface area contributed by atoms with Crippen LogP contribution in [0.25, 0.3) is 10.8 Å². The van der Waals surface area contributed by atoms with Crippen molar-refractivity contribution in [2.75, 3.05) is 6.54 Å². The van der Waals surface area contributed by atoms with Crippen LogP contribution in [0, 0.1) is 5.41 Å². The number of benzene rings is 1. The number of nitrogens with one attached hydrogen (secondary N) is 1. The van der Waals surface area contributed by atoms with Crippen LogP contribution < -0.4 is 5.32 Å². The fourth-order valence-corrected chi connectivity index (χ4v) is 2.33. The Kier molecular flexibility index (Phi) is 2.94. The van der Waals surface area contributed by atoms with Gasteiger partial charge in [0.25, 0.3) is 5.91 Å². The third kappa shape index (κ3) is 2.43. The molecule has 0 unspecified atom stereocenters. The molecule has 1 aliphatic rings. The smallest absolute Gasteiger partial charge is 0.253 e. The molecular weight excluding hydrogens is 260 g/mol. The molecule has 0 radical (unpaired) electrons. The SMILES string of the molecule is CC1(CNC(=O)c2cnc(Cl)c3ccccc23)CC1. The van der Waals surface area contributed by atoms with Gasteiger partial charge in [0.1, 0.15) is 5.15 Å². The number of nitrogens with zero attached hydrogens (tertiary/aromatic N) is 1. The first-order valence-corrected chi connectivity index (χ1v) is 6.78. The molecule has 3 nitrogen and oxygen atoms in total. The Labute approximate surface area is 117 Å². The molecule has 1 aromatic heterocycles. The summed E-state index contributed by atoms with van der Waals surface area (Å²) >= 11 is 6.05. The van der Waals surface area contributed by atoms with Crippen LogP contribution >= 0.6 is 11.6 Å². The Morgan fingerprint density at radius 2 is 2.05 bits per heavy atom. The van der Waals surface area contributed by atoms with Crippen LogP contribution in [-0.4, -0.2) is 17.4 Å². The van der Waals surface area contributed by atoms with Gasteiger partial charge in [0.15, 0.2) is 0 Å². The van der Waals surface area contributed by atoms with Gasteiger partial charge in [0, 0.05) is 18.1 Å². The van der Waals surface area contributed by atoms with Gasteiger partial charge < -0.3 is 5.32 Å². The Balaban J connectivity index is 1.91. The number of hydrogen-bond acceptors (Lipinski definition) is 2. The van der Waals surface area contributed by atoms with Crippen LogP contribution in [0.1, 0.15) is 30.1 Å². The molecule has 1 aliphatic carbocycles. The number of halogens is 1. The molecule has 0 aliphatic heterocycles. The second kappa shape index (κ2) is 4.49. The highest BCUT2D eigenvalue weighted by molar-refractivity contribution is 6.34. The number of amides is 1. The summed E-state index contributed by atoms with van der Waals surface area (Å²) in [7, 11) is 0. The zero-order valence-electron chi connectivity index (χ0n) is 10.7. The predicted octanol–water partition coefficient (Wildman–Crippen LogP) is 3.42. The molecule has 3 rings (SSSR count). The molecule has 0 atom stereocenters. The molecule has 0 saturated heterocycles. The minimum absolute atomic E-state index is 0.0755. The van der Waals surface area contributed by atoms with Gasteiger partial charge in [-0.05, 0) is 23.6 Å². The maximum absolute atomic E-state index is 12.3. The van der Waals surface area contributed by atoms with Crippen LogP contribution in [0.15, 0.2) is 30.5 Å². The third-order valence-corrected chi connectivity index (χ3v) is 4.07. The second-order valence-corrected chi connectivity index (χ2v) is 5.86. The predicted molar refractivity (Wildman–Crippen MR) is 76.4 cm³/mol. The van der Waals surface area contributed by atoms with E-state index in [0.717, 1.165) is 17.3 Å². The van der Waals surface area contributed by atoms with Crippen molar-refractivity contribution in [3.63, 3.8) is 0 Å². The van der Waals surface area contributed by atoms with Crippen LogP contribution in [0.5, 0.6) is 0 Å². The van der Waals surface area contributed by atoms with Crippen molar-refractivity contribution in [2.45, 2.75) is 19.8 Å². The normalized spacial score (nSPS) is 16.3. The van der Waals surface area contributed by atoms with E-state index in [1.54, 1.807) is 6.20 Å². The molecule has 4 heteroatoms. The van der Waals surface area contributed by atoms with E-state index in [9.17, 15) is 4.79 Å². The molecule has 1 heterocycles. The quantitative estimate of drug-likeness (QED) is 0.872. The molecule has 0 bridgehead atoms. The zero-order chi connectivity index (χ0) is 13.5. The molecular formula is C15H15ClN2O. The average molecular weight is 275 g/mol. The van der Waals surface area contributed by atoms with Crippen LogP contribution in [0.3, 0.4) is 0 Å². The molecule has 1 saturated carbocycles. The molecule has 19 heavy (non-hydrogen) atoms. The third-order valence-electron chi connectivity index (χ3n) is 3.77. The summed E-state index contributed by atoms with van der Waals surface area (Å²) in [4.78, 5) is 16.3. The summed E-state index contributed by atoms with van der Waals surface area (Å²) in [6.07, 6.45) is 3.93. The first kappa shape index (κ1) is 12.4. The number of aromatic nitrogens is 1. The van der Waals surface area contributed by atoms with E-state index in [4.69, 9.17) is 11.6 Å². The zero-order valence-corrected chi connectivity index (χ0v) is 11.5. The molecule has 1 fully saturated rings. The lowest BCUT2D eigenvalue weighted by molar-refractivity contribution is 0.0947. The molecule has 1 N–H and O–H groups in total. The number of pyridine rings is 1. The summed E-state index contributed by atoms with van der Waals surface area (Å²) in [5.41, 5.74) is 0.884. The lowest BCUT2D eigenvalue weighted by atomic mass is 10.1. The molecule has 98 valence electrons. The van der Waals surface area contributed by atoms with E-state index >= 15 is 0 Å². The van der Waals surface area contributed by atoms with Gasteiger partial charge in [0.05, 0.1) is 5.56 Å². The monoisotopic (exact) mass is 274 g/mol. The number of fused-ring (bicyclic) bond motifs is 1. The van der Waals surface area contributed by atoms with Gasteiger partial charge >= 0.3 is 0 Å². The van der Waals surface area contributed by atoms with Gasteiger partial charge in [-0.2, -0.15) is 0 Å². The van der Waals surface area contributed by atoms with E-state index in [2.05, 4.69) is 17.2 Å². The van der Waals surface area contributed by atoms with Gasteiger partial charge in [0.2, 0.25) is 0 Å². The van der Waals surface area contributed by atoms with Crippen LogP contribution in [0.2, 0.25) is 5.15 Å². The van der Waals surface area contributed by atoms with Gasteiger partial charge in [-0.1, -0.05) is 42.8 Å². The van der Waals surface area contributed by atoms with E-state index in [1.165, 1.54) is 12.8 Å². The number of carbonyl (C=O) groups excluding carboxylic acids is 1. The Hall–Kier alpha value is -1.61. The van der Waals surface area contributed by atoms with Crippen molar-refractivity contribution in [3.05, 3.63) is 41.2 Å². The van der Waals surface area contributed by atoms with Crippen molar-refractivity contribution < 1.29 is 4.79 Å². The lowest BCUT2D eigenvalue weighted by Gasteiger charge is -2.11. The lowest BCUT2D eigenvalue weighted by Crippen LogP contribution is -2.29. The molecule has 0 spiro atoms. The Bertz CT molecular complexity index is 650. The first-order valence-electron chi connectivity index (χ1n) is 6.41. The first-order chi connectivity index (χ1) is 9.09. The highest BCUT2D eigenvalue weighted by Crippen LogP contribution is 2.44. The minimum Gasteiger partial charge on any atom is -0.351 e. The summed E-state index contributed by atoms with van der Waals surface area (Å²) in [6.45, 7) is 2.91. The van der Waals surface area contributed by atoms with Crippen molar-refractivity contribution in [3.8, 4) is 0 Å². The van der Waals surface area contributed by atoms with Crippen molar-refractivity contribution >= 4 is 28.3 Å². The Morgan fingerprint density at radius 3 is 2.74 bits per heavy atom. The fraction of sp³-hybridized carbons (Fsp3) is 0.333. The number of rotatable bonds is 3. The molecule has 1 aromatic carbocycles. The highest BCUT2D eigenvalue weighted by Gasteiger charge is 2.37. The van der Waals surface area contributed by atoms with E-state index < -0.39 is 0 Å². The van der Waals surface area contributed by atoms with E-state index in [1.807, 2.05) is 24.3 Å².